The molecule has 5 heterocycles. The van der Waals surface area contributed by atoms with Crippen LogP contribution >= 0.6 is 0 Å². The number of rotatable bonds is 0. The maximum Gasteiger partial charge on any atom is 0.274 e. The molecule has 0 aliphatic carbocycles. The van der Waals surface area contributed by atoms with Crippen LogP contribution in [0, 0.1) is 5.82 Å². The number of fused-ring (bicyclic) bond motifs is 2. The lowest BCUT2D eigenvalue weighted by Crippen LogP contribution is -2.58. The zero-order valence-corrected chi connectivity index (χ0v) is 19.3. The summed E-state index contributed by atoms with van der Waals surface area (Å²) in [5.41, 5.74) is 1.17. The summed E-state index contributed by atoms with van der Waals surface area (Å²) < 4.78 is 20.4. The zero-order valence-electron chi connectivity index (χ0n) is 19.3. The van der Waals surface area contributed by atoms with E-state index in [1.165, 1.54) is 18.9 Å². The Morgan fingerprint density at radius 3 is 2.69 bits per heavy atom. The Balaban J connectivity index is 1.58. The molecule has 0 unspecified atom stereocenters. The predicted molar refractivity (Wildman–Crippen MR) is 125 cm³/mol. The van der Waals surface area contributed by atoms with Crippen LogP contribution < -0.4 is 10.1 Å². The molecule has 1 N–H and O–H groups in total. The van der Waals surface area contributed by atoms with Gasteiger partial charge in [-0.05, 0) is 36.2 Å². The van der Waals surface area contributed by atoms with Gasteiger partial charge in [0.15, 0.2) is 17.4 Å². The number of nitrogens with one attached hydrogen (secondary N) is 1. The third kappa shape index (κ3) is 4.37. The largest absolute Gasteiger partial charge is 0.469 e. The number of amides is 1. The van der Waals surface area contributed by atoms with E-state index in [1.807, 2.05) is 0 Å². The van der Waals surface area contributed by atoms with Crippen LogP contribution in [0.1, 0.15) is 29.3 Å². The van der Waals surface area contributed by atoms with Crippen molar-refractivity contribution in [2.45, 2.75) is 31.8 Å². The van der Waals surface area contributed by atoms with Gasteiger partial charge in [-0.2, -0.15) is 0 Å². The monoisotopic (exact) mass is 474 g/mol. The lowest BCUT2D eigenvalue weighted by molar-refractivity contribution is -0.156. The first kappa shape index (κ1) is 22.6. The molecule has 4 aliphatic rings. The van der Waals surface area contributed by atoms with Crippen LogP contribution in [-0.2, 0) is 33.6 Å². The molecule has 0 radical (unpaired) electrons. The number of benzene rings is 2. The van der Waals surface area contributed by atoms with E-state index in [-0.39, 0.29) is 43.2 Å². The van der Waals surface area contributed by atoms with Crippen LogP contribution in [0.25, 0.3) is 0 Å². The molecule has 0 spiro atoms. The Bertz CT molecular complexity index is 1380. The number of ketones is 2. The van der Waals surface area contributed by atoms with E-state index in [0.717, 1.165) is 17.3 Å². The summed E-state index contributed by atoms with van der Waals surface area (Å²) in [7, 11) is 1.49. The average molecular weight is 474 g/mol. The number of Topliss-reactive ketones (excluding diaryl/α,β-unsaturated/α-hetero) is 2. The summed E-state index contributed by atoms with van der Waals surface area (Å²) in [6.45, 7) is 1.27. The highest BCUT2D eigenvalue weighted by Crippen LogP contribution is 2.33. The minimum Gasteiger partial charge on any atom is -0.469 e. The maximum atomic E-state index is 14.5. The fourth-order valence-corrected chi connectivity index (χ4v) is 4.41. The second-order valence-electron chi connectivity index (χ2n) is 9.04. The van der Waals surface area contributed by atoms with E-state index < -0.39 is 23.1 Å². The zero-order chi connectivity index (χ0) is 24.7. The highest BCUT2D eigenvalue weighted by atomic mass is 19.1. The molecule has 0 saturated heterocycles. The molecular weight excluding hydrogens is 451 g/mol. The quantitative estimate of drug-likeness (QED) is 0.500. The molecule has 8 bridgehead atoms. The van der Waals surface area contributed by atoms with Crippen LogP contribution in [-0.4, -0.2) is 51.5 Å². The van der Waals surface area contributed by atoms with Crippen LogP contribution in [0.2, 0.25) is 0 Å². The summed E-state index contributed by atoms with van der Waals surface area (Å²) in [6, 6.07) is 12.3. The van der Waals surface area contributed by atoms with Gasteiger partial charge in [0.2, 0.25) is 11.5 Å². The Morgan fingerprint density at radius 1 is 1.06 bits per heavy atom. The van der Waals surface area contributed by atoms with E-state index in [0.29, 0.717) is 17.0 Å². The summed E-state index contributed by atoms with van der Waals surface area (Å²) in [6.07, 6.45) is 1.36. The first-order valence-electron chi connectivity index (χ1n) is 11.2. The Morgan fingerprint density at radius 2 is 1.86 bits per heavy atom. The minimum atomic E-state index is -1.73. The van der Waals surface area contributed by atoms with Gasteiger partial charge in [-0.1, -0.05) is 24.3 Å². The summed E-state index contributed by atoms with van der Waals surface area (Å²) in [5.74, 6) is -1.10. The number of halogens is 1. The highest BCUT2D eigenvalue weighted by molar-refractivity contribution is 6.11. The number of aromatic nitrogens is 2. The van der Waals surface area contributed by atoms with Crippen LogP contribution in [0.3, 0.4) is 0 Å². The number of hydrogen-bond donors (Lipinski definition) is 1. The number of carbonyl (C=O) groups excluding carboxylic acids is 3. The second kappa shape index (κ2) is 8.57. The van der Waals surface area contributed by atoms with Crippen molar-refractivity contribution in [2.24, 2.45) is 0 Å². The third-order valence-corrected chi connectivity index (χ3v) is 6.26. The van der Waals surface area contributed by atoms with Gasteiger partial charge in [-0.15, -0.1) is 0 Å². The first-order valence-corrected chi connectivity index (χ1v) is 11.2. The molecule has 0 saturated carbocycles. The topological polar surface area (TPSA) is 101 Å². The van der Waals surface area contributed by atoms with Gasteiger partial charge >= 0.3 is 0 Å². The molecule has 1 aromatic heterocycles. The molecule has 2 aromatic carbocycles. The van der Waals surface area contributed by atoms with Gasteiger partial charge in [-0.25, -0.2) is 14.4 Å². The first-order chi connectivity index (χ1) is 16.7. The molecule has 3 aromatic rings. The van der Waals surface area contributed by atoms with E-state index in [9.17, 15) is 18.8 Å². The molecule has 1 atom stereocenters. The number of hydrogen-bond acceptors (Lipinski definition) is 7. The van der Waals surface area contributed by atoms with Gasteiger partial charge in [-0.3, -0.25) is 14.4 Å². The third-order valence-electron chi connectivity index (χ3n) is 6.26. The molecule has 9 heteroatoms. The second-order valence-corrected chi connectivity index (χ2v) is 9.04. The normalized spacial score (nSPS) is 20.1. The fourth-order valence-electron chi connectivity index (χ4n) is 4.41. The lowest BCUT2D eigenvalue weighted by Gasteiger charge is -2.35. The Labute approximate surface area is 201 Å². The molecular formula is C26H23FN4O4. The summed E-state index contributed by atoms with van der Waals surface area (Å²) >= 11 is 0. The number of likely N-dealkylation sites (N-methyl/N-ethyl adjacent to an activating group) is 1. The van der Waals surface area contributed by atoms with E-state index in [2.05, 4.69) is 15.3 Å². The van der Waals surface area contributed by atoms with Crippen LogP contribution in [0.15, 0.2) is 48.7 Å². The number of nitrogens with zero attached hydrogens (tertiary/aromatic N) is 3. The smallest absolute Gasteiger partial charge is 0.274 e. The van der Waals surface area contributed by atoms with Gasteiger partial charge < -0.3 is 15.0 Å². The van der Waals surface area contributed by atoms with Crippen molar-refractivity contribution in [3.8, 4) is 5.75 Å². The average Bonchev–Trinajstić information content (AvgIpc) is 2.81. The van der Waals surface area contributed by atoms with Gasteiger partial charge in [0.1, 0.15) is 5.75 Å². The van der Waals surface area contributed by atoms with Crippen molar-refractivity contribution in [1.82, 2.24) is 14.9 Å². The molecule has 0 fully saturated rings. The van der Waals surface area contributed by atoms with Crippen molar-refractivity contribution in [1.29, 1.82) is 0 Å². The molecule has 178 valence electrons. The van der Waals surface area contributed by atoms with Crippen LogP contribution in [0.4, 0.5) is 16.0 Å². The lowest BCUT2D eigenvalue weighted by atomic mass is 9.88. The van der Waals surface area contributed by atoms with E-state index in [4.69, 9.17) is 4.74 Å². The number of anilines is 2. The van der Waals surface area contributed by atoms with E-state index >= 15 is 0 Å². The Kier molecular flexibility index (Phi) is 5.55. The van der Waals surface area contributed by atoms with Crippen molar-refractivity contribution in [2.75, 3.05) is 18.9 Å². The van der Waals surface area contributed by atoms with Crippen molar-refractivity contribution in [3.05, 3.63) is 76.9 Å². The molecule has 1 amide bonds. The summed E-state index contributed by atoms with van der Waals surface area (Å²) in [4.78, 5) is 48.6. The molecule has 7 rings (SSSR count). The van der Waals surface area contributed by atoms with Crippen molar-refractivity contribution < 1.29 is 23.5 Å². The molecule has 8 nitrogen and oxygen atoms in total. The minimum absolute atomic E-state index is 0.0158. The van der Waals surface area contributed by atoms with Gasteiger partial charge in [0.05, 0.1) is 18.4 Å². The van der Waals surface area contributed by atoms with Gasteiger partial charge in [0.25, 0.3) is 5.91 Å². The predicted octanol–water partition coefficient (Wildman–Crippen LogP) is 2.80. The highest BCUT2D eigenvalue weighted by Gasteiger charge is 2.48. The van der Waals surface area contributed by atoms with E-state index in [1.54, 1.807) is 42.5 Å². The standard InChI is InChI=1S/C26H23FN4O4/c1-26-23(33)12-17-8-16(6-7-22(17)35-26)11-21-20(27)13-28-25(30-21)29-18-5-3-4-15(9-18)10-19(32)14-31(2)24(26)34/h3-9,13H,10-12,14H2,1-2H3,(H,28,29,30)/t26-/m1/s1. The molecule has 4 aliphatic heterocycles. The fraction of sp³-hybridized carbons (Fsp3) is 0.269. The Hall–Kier alpha value is -4.14. The van der Waals surface area contributed by atoms with Gasteiger partial charge in [0, 0.05) is 37.6 Å². The maximum absolute atomic E-state index is 14.5. The van der Waals surface area contributed by atoms with Crippen LogP contribution in [0.5, 0.6) is 5.75 Å². The van der Waals surface area contributed by atoms with Crippen molar-refractivity contribution in [3.63, 3.8) is 0 Å². The number of ether oxygens (including phenoxy) is 1. The number of carbonyl (C=O) groups is 3. The summed E-state index contributed by atoms with van der Waals surface area (Å²) in [5, 5.41) is 3.06. The SMILES string of the molecule is CN1CC(=O)Cc2cccc(c2)Nc2ncc(F)c(n2)Cc2ccc3c(c2)CC(=O)[C@@](C)(O3)C1=O. The van der Waals surface area contributed by atoms with Crippen molar-refractivity contribution >= 4 is 29.1 Å². The molecule has 35 heavy (non-hydrogen) atoms.